The van der Waals surface area contributed by atoms with Crippen LogP contribution >= 0.6 is 31.9 Å². The molecule has 0 radical (unpaired) electrons. The van der Waals surface area contributed by atoms with Gasteiger partial charge in [-0.2, -0.15) is 0 Å². The van der Waals surface area contributed by atoms with Crippen molar-refractivity contribution in [2.75, 3.05) is 0 Å². The van der Waals surface area contributed by atoms with Gasteiger partial charge in [-0.05, 0) is 52.7 Å². The zero-order valence-electron chi connectivity index (χ0n) is 8.58. The molecule has 0 fully saturated rings. The van der Waals surface area contributed by atoms with E-state index in [9.17, 15) is 0 Å². The van der Waals surface area contributed by atoms with Crippen LogP contribution < -0.4 is 4.74 Å². The number of aromatic nitrogens is 1. The van der Waals surface area contributed by atoms with Gasteiger partial charge in [-0.1, -0.05) is 22.0 Å². The van der Waals surface area contributed by atoms with E-state index < -0.39 is 0 Å². The normalized spacial score (nSPS) is 10.2. The quantitative estimate of drug-likeness (QED) is 0.788. The van der Waals surface area contributed by atoms with Gasteiger partial charge in [-0.25, -0.2) is 4.98 Å². The smallest absolute Gasteiger partial charge is 0.233 e. The number of hydrogen-bond donors (Lipinski definition) is 0. The second-order valence-electron chi connectivity index (χ2n) is 3.30. The van der Waals surface area contributed by atoms with Crippen LogP contribution in [0, 0.1) is 6.92 Å². The highest BCUT2D eigenvalue weighted by Gasteiger charge is 2.06. The molecule has 82 valence electrons. The summed E-state index contributed by atoms with van der Waals surface area (Å²) in [6.07, 6.45) is 1.70. The molecule has 0 N–H and O–H groups in total. The lowest BCUT2D eigenvalue weighted by Gasteiger charge is -2.09. The van der Waals surface area contributed by atoms with Crippen molar-refractivity contribution in [3.05, 3.63) is 51.0 Å². The molecule has 1 aromatic heterocycles. The first kappa shape index (κ1) is 11.6. The molecule has 0 bridgehead atoms. The number of nitrogens with zero attached hydrogens (tertiary/aromatic N) is 1. The van der Waals surface area contributed by atoms with Gasteiger partial charge < -0.3 is 4.74 Å². The van der Waals surface area contributed by atoms with Crippen LogP contribution in [0.15, 0.2) is 45.5 Å². The van der Waals surface area contributed by atoms with Crippen LogP contribution in [-0.2, 0) is 0 Å². The summed E-state index contributed by atoms with van der Waals surface area (Å²) in [5.41, 5.74) is 1.07. The largest absolute Gasteiger partial charge is 0.438 e. The molecular formula is C12H9Br2NO. The zero-order valence-corrected chi connectivity index (χ0v) is 11.7. The molecule has 0 aliphatic rings. The van der Waals surface area contributed by atoms with Crippen molar-refractivity contribution in [2.45, 2.75) is 6.92 Å². The number of benzene rings is 1. The summed E-state index contributed by atoms with van der Waals surface area (Å²) in [5, 5.41) is 0. The third-order valence-corrected chi connectivity index (χ3v) is 3.18. The maximum atomic E-state index is 5.73. The molecule has 0 amide bonds. The SMILES string of the molecule is Cc1ccc(Br)cc1Oc1ncccc1Br. The molecule has 4 heteroatoms. The number of halogens is 2. The molecule has 1 aromatic carbocycles. The second kappa shape index (κ2) is 4.97. The average molecular weight is 343 g/mol. The molecule has 0 aliphatic carbocycles. The van der Waals surface area contributed by atoms with Crippen molar-refractivity contribution in [1.29, 1.82) is 0 Å². The van der Waals surface area contributed by atoms with Gasteiger partial charge >= 0.3 is 0 Å². The van der Waals surface area contributed by atoms with Crippen LogP contribution in [0.4, 0.5) is 0 Å². The maximum Gasteiger partial charge on any atom is 0.233 e. The monoisotopic (exact) mass is 341 g/mol. The molecule has 2 aromatic rings. The summed E-state index contributed by atoms with van der Waals surface area (Å²) in [5.74, 6) is 1.37. The molecule has 1 heterocycles. The van der Waals surface area contributed by atoms with Gasteiger partial charge in [0.1, 0.15) is 5.75 Å². The first-order valence-electron chi connectivity index (χ1n) is 4.71. The Kier molecular flexibility index (Phi) is 3.61. The molecule has 2 rings (SSSR count). The molecule has 0 spiro atoms. The summed E-state index contributed by atoms with van der Waals surface area (Å²) >= 11 is 6.81. The Labute approximate surface area is 111 Å². The number of aryl methyl sites for hydroxylation is 1. The highest BCUT2D eigenvalue weighted by Crippen LogP contribution is 2.30. The third-order valence-electron chi connectivity index (χ3n) is 2.08. The summed E-state index contributed by atoms with van der Waals surface area (Å²) in [7, 11) is 0. The van der Waals surface area contributed by atoms with Crippen LogP contribution in [0.5, 0.6) is 11.6 Å². The Balaban J connectivity index is 2.34. The van der Waals surface area contributed by atoms with E-state index in [1.807, 2.05) is 37.3 Å². The highest BCUT2D eigenvalue weighted by molar-refractivity contribution is 9.10. The second-order valence-corrected chi connectivity index (χ2v) is 5.07. The summed E-state index contributed by atoms with van der Waals surface area (Å²) < 4.78 is 7.56. The molecule has 0 aliphatic heterocycles. The lowest BCUT2D eigenvalue weighted by molar-refractivity contribution is 0.456. The minimum absolute atomic E-state index is 0.573. The van der Waals surface area contributed by atoms with Gasteiger partial charge in [-0.3, -0.25) is 0 Å². The number of ether oxygens (including phenoxy) is 1. The van der Waals surface area contributed by atoms with Crippen molar-refractivity contribution in [2.24, 2.45) is 0 Å². The average Bonchev–Trinajstić information content (AvgIpc) is 2.27. The minimum atomic E-state index is 0.573. The molecule has 0 saturated heterocycles. The standard InChI is InChI=1S/C12H9Br2NO/c1-8-4-5-9(13)7-11(8)16-12-10(14)3-2-6-15-12/h2-7H,1H3. The van der Waals surface area contributed by atoms with Crippen LogP contribution in [0.2, 0.25) is 0 Å². The fourth-order valence-electron chi connectivity index (χ4n) is 1.23. The topological polar surface area (TPSA) is 22.1 Å². The van der Waals surface area contributed by atoms with Gasteiger partial charge in [0.25, 0.3) is 0 Å². The maximum absolute atomic E-state index is 5.73. The van der Waals surface area contributed by atoms with Crippen molar-refractivity contribution in [3.63, 3.8) is 0 Å². The van der Waals surface area contributed by atoms with E-state index in [0.29, 0.717) is 5.88 Å². The molecule has 0 atom stereocenters. The first-order chi connectivity index (χ1) is 7.66. The van der Waals surface area contributed by atoms with Crippen LogP contribution in [0.25, 0.3) is 0 Å². The highest BCUT2D eigenvalue weighted by atomic mass is 79.9. The first-order valence-corrected chi connectivity index (χ1v) is 6.30. The third kappa shape index (κ3) is 2.62. The molecule has 0 unspecified atom stereocenters. The van der Waals surface area contributed by atoms with E-state index in [2.05, 4.69) is 36.8 Å². The van der Waals surface area contributed by atoms with Gasteiger partial charge in [0.2, 0.25) is 5.88 Å². The minimum Gasteiger partial charge on any atom is -0.438 e. The summed E-state index contributed by atoms with van der Waals surface area (Å²) in [6.45, 7) is 2.00. The van der Waals surface area contributed by atoms with Gasteiger partial charge in [-0.15, -0.1) is 0 Å². The molecule has 0 saturated carbocycles. The van der Waals surface area contributed by atoms with Crippen LogP contribution in [-0.4, -0.2) is 4.98 Å². The van der Waals surface area contributed by atoms with E-state index in [1.165, 1.54) is 0 Å². The number of rotatable bonds is 2. The van der Waals surface area contributed by atoms with Crippen molar-refractivity contribution >= 4 is 31.9 Å². The Bertz CT molecular complexity index is 514. The van der Waals surface area contributed by atoms with Crippen molar-refractivity contribution < 1.29 is 4.74 Å². The lowest BCUT2D eigenvalue weighted by Crippen LogP contribution is -1.90. The molecule has 2 nitrogen and oxygen atoms in total. The lowest BCUT2D eigenvalue weighted by atomic mass is 10.2. The van der Waals surface area contributed by atoms with E-state index >= 15 is 0 Å². The Hall–Kier alpha value is -0.870. The van der Waals surface area contributed by atoms with E-state index in [0.717, 1.165) is 20.3 Å². The Morgan fingerprint density at radius 1 is 1.19 bits per heavy atom. The molecule has 16 heavy (non-hydrogen) atoms. The number of pyridine rings is 1. The van der Waals surface area contributed by atoms with Crippen molar-refractivity contribution in [1.82, 2.24) is 4.98 Å². The fraction of sp³-hybridized carbons (Fsp3) is 0.0833. The van der Waals surface area contributed by atoms with Crippen molar-refractivity contribution in [3.8, 4) is 11.6 Å². The van der Waals surface area contributed by atoms with E-state index in [4.69, 9.17) is 4.74 Å². The zero-order chi connectivity index (χ0) is 11.5. The number of hydrogen-bond acceptors (Lipinski definition) is 2. The Morgan fingerprint density at radius 2 is 2.00 bits per heavy atom. The van der Waals surface area contributed by atoms with Crippen LogP contribution in [0.1, 0.15) is 5.56 Å². The molecular weight excluding hydrogens is 334 g/mol. The van der Waals surface area contributed by atoms with Gasteiger partial charge in [0.05, 0.1) is 4.47 Å². The summed E-state index contributed by atoms with van der Waals surface area (Å²) in [6, 6.07) is 9.66. The predicted octanol–water partition coefficient (Wildman–Crippen LogP) is 4.71. The summed E-state index contributed by atoms with van der Waals surface area (Å²) in [4.78, 5) is 4.16. The van der Waals surface area contributed by atoms with Gasteiger partial charge in [0.15, 0.2) is 0 Å². The van der Waals surface area contributed by atoms with E-state index in [1.54, 1.807) is 6.20 Å². The predicted molar refractivity (Wildman–Crippen MR) is 70.9 cm³/mol. The van der Waals surface area contributed by atoms with Gasteiger partial charge in [0, 0.05) is 10.7 Å². The van der Waals surface area contributed by atoms with E-state index in [-0.39, 0.29) is 0 Å². The van der Waals surface area contributed by atoms with Crippen LogP contribution in [0.3, 0.4) is 0 Å². The Morgan fingerprint density at radius 3 is 2.75 bits per heavy atom. The fourth-order valence-corrected chi connectivity index (χ4v) is 1.91.